The fourth-order valence-electron chi connectivity index (χ4n) is 10.9. The molecule has 17 nitrogen and oxygen atoms in total. The van der Waals surface area contributed by atoms with Gasteiger partial charge in [0.05, 0.1) is 38.1 Å². The van der Waals surface area contributed by atoms with Gasteiger partial charge in [-0.1, -0.05) is 13.0 Å². The zero-order chi connectivity index (χ0) is 45.3. The van der Waals surface area contributed by atoms with E-state index in [4.69, 9.17) is 37.9 Å². The van der Waals surface area contributed by atoms with E-state index in [0.717, 1.165) is 12.1 Å². The highest BCUT2D eigenvalue weighted by atomic mass is 19.1. The predicted molar refractivity (Wildman–Crippen MR) is 210 cm³/mol. The summed E-state index contributed by atoms with van der Waals surface area (Å²) < 4.78 is 80.2. The number of benzene rings is 2. The van der Waals surface area contributed by atoms with Crippen LogP contribution < -0.4 is 18.9 Å². The quantitative estimate of drug-likeness (QED) is 0.0778. The first kappa shape index (κ1) is 44.0. The number of carbonyl (C=O) groups excluding carboxylic acids is 4. The van der Waals surface area contributed by atoms with Gasteiger partial charge in [-0.05, 0) is 113 Å². The summed E-state index contributed by atoms with van der Waals surface area (Å²) in [4.78, 5) is 68.3. The number of hydrogen-bond donors (Lipinski definition) is 1. The average molecular weight is 884 g/mol. The van der Waals surface area contributed by atoms with Crippen LogP contribution in [0.25, 0.3) is 0 Å². The highest BCUT2D eigenvalue weighted by Gasteiger charge is 2.80. The van der Waals surface area contributed by atoms with Gasteiger partial charge in [0.15, 0.2) is 40.9 Å². The number of allylic oxidation sites excluding steroid dienone is 4. The van der Waals surface area contributed by atoms with Gasteiger partial charge in [-0.15, -0.1) is 10.1 Å². The molecule has 4 fully saturated rings. The van der Waals surface area contributed by atoms with Crippen LogP contribution in [0.3, 0.4) is 0 Å². The Morgan fingerprint density at radius 3 is 2.44 bits per heavy atom. The van der Waals surface area contributed by atoms with Crippen LogP contribution >= 0.6 is 0 Å². The number of aliphatic hydroxyl groups excluding tert-OH is 1. The van der Waals surface area contributed by atoms with Crippen LogP contribution in [0, 0.1) is 32.8 Å². The van der Waals surface area contributed by atoms with Crippen molar-refractivity contribution in [2.24, 2.45) is 22.7 Å². The van der Waals surface area contributed by atoms with Gasteiger partial charge in [-0.3, -0.25) is 9.59 Å². The number of esters is 1. The van der Waals surface area contributed by atoms with Crippen molar-refractivity contribution in [2.75, 3.05) is 26.9 Å². The van der Waals surface area contributed by atoms with Gasteiger partial charge >= 0.3 is 12.1 Å². The Balaban J connectivity index is 1.02. The molecule has 10 atom stereocenters. The predicted octanol–water partition coefficient (Wildman–Crippen LogP) is 6.21. The smallest absolute Gasteiger partial charge is 0.497 e. The Kier molecular flexibility index (Phi) is 11.1. The van der Waals surface area contributed by atoms with Gasteiger partial charge in [0, 0.05) is 22.3 Å². The summed E-state index contributed by atoms with van der Waals surface area (Å²) in [7, 11) is 1.50. The molecule has 2 heterocycles. The average Bonchev–Trinajstić information content (AvgIpc) is 3.87. The molecule has 0 amide bonds. The molecule has 63 heavy (non-hydrogen) atoms. The molecule has 1 N–H and O–H groups in total. The first-order valence-corrected chi connectivity index (χ1v) is 20.6. The number of Topliss-reactive ketones (excluding diaryl/α,β-unsaturated/α-hetero) is 1. The van der Waals surface area contributed by atoms with Gasteiger partial charge in [0.1, 0.15) is 11.9 Å². The largest absolute Gasteiger partial charge is 0.514 e. The normalized spacial score (nSPS) is 34.1. The number of alkyl halides is 2. The number of aliphatic hydroxyl groups is 1. The number of ether oxygens (including phenoxy) is 8. The minimum Gasteiger partial charge on any atom is -0.497 e. The fourth-order valence-corrected chi connectivity index (χ4v) is 10.9. The molecular weight excluding hydrogens is 836 g/mol. The zero-order valence-corrected chi connectivity index (χ0v) is 35.1. The number of rotatable bonds is 13. The minimum atomic E-state index is -2.42. The van der Waals surface area contributed by atoms with Gasteiger partial charge in [0.25, 0.3) is 11.4 Å². The molecule has 2 aromatic rings. The molecule has 338 valence electrons. The zero-order valence-electron chi connectivity index (χ0n) is 35.1. The lowest BCUT2D eigenvalue weighted by atomic mass is 9.44. The molecule has 0 aromatic heterocycles. The van der Waals surface area contributed by atoms with Crippen molar-refractivity contribution < 1.29 is 80.9 Å². The summed E-state index contributed by atoms with van der Waals surface area (Å²) in [5, 5.41) is 21.4. The lowest BCUT2D eigenvalue weighted by Gasteiger charge is -2.63. The van der Waals surface area contributed by atoms with E-state index in [2.05, 4.69) is 4.84 Å². The fraction of sp³-hybridized carbons (Fsp3) is 0.545. The lowest BCUT2D eigenvalue weighted by Crippen LogP contribution is -2.71. The number of nitrogens with zero attached hydrogens (tertiary/aromatic N) is 1. The highest BCUT2D eigenvalue weighted by molar-refractivity contribution is 6.01. The Bertz CT molecular complexity index is 2280. The van der Waals surface area contributed by atoms with Crippen molar-refractivity contribution in [3.05, 3.63) is 81.4 Å². The number of carbonyl (C=O) groups is 4. The molecule has 0 bridgehead atoms. The van der Waals surface area contributed by atoms with Gasteiger partial charge in [-0.25, -0.2) is 18.4 Å². The molecule has 3 unspecified atom stereocenters. The molecule has 4 aliphatic carbocycles. The first-order chi connectivity index (χ1) is 29.8. The third kappa shape index (κ3) is 7.17. The Morgan fingerprint density at radius 2 is 1.73 bits per heavy atom. The Hall–Kier alpha value is -5.66. The van der Waals surface area contributed by atoms with E-state index in [0.29, 0.717) is 11.3 Å². The molecular formula is C44H47F2NO16. The van der Waals surface area contributed by atoms with Crippen LogP contribution in [0.1, 0.15) is 82.0 Å². The second-order valence-electron chi connectivity index (χ2n) is 17.5. The van der Waals surface area contributed by atoms with E-state index < -0.39 is 99.8 Å². The number of hydrogen-bond acceptors (Lipinski definition) is 16. The van der Waals surface area contributed by atoms with Gasteiger partial charge in [0.2, 0.25) is 11.5 Å². The van der Waals surface area contributed by atoms with Crippen molar-refractivity contribution in [1.29, 1.82) is 0 Å². The van der Waals surface area contributed by atoms with Gasteiger partial charge in [-0.2, -0.15) is 0 Å². The van der Waals surface area contributed by atoms with Crippen molar-refractivity contribution >= 4 is 23.7 Å². The standard InChI is InChI=1S/C44H47F2NO16/c1-40(2)62-35-20-27-28-19-30(45)29-18-25(48)12-13-41(29,3)43(28,46)33(49)21-42(27,4)44(35,63-40)34(50)22-57-39(52)60-32-17-24(37(51)56-14-6-7-15-58-47(53)54)16-31-36(32)61-38(59-31)23-8-10-26(55-5)11-9-23/h8-13,16-18,27-28,30,33,35,38,49H,6-7,14-15,19-22H2,1-5H3/t27?,28?,30-,33-,35+,38?,41-,42-,43-,44+/m0/s1. The summed E-state index contributed by atoms with van der Waals surface area (Å²) in [6, 6.07) is 9.17. The number of fused-ring (bicyclic) bond motifs is 8. The summed E-state index contributed by atoms with van der Waals surface area (Å²) in [6.45, 7) is 5.09. The van der Waals surface area contributed by atoms with Crippen molar-refractivity contribution in [3.63, 3.8) is 0 Å². The second kappa shape index (κ2) is 15.8. The second-order valence-corrected chi connectivity index (χ2v) is 17.5. The van der Waals surface area contributed by atoms with Crippen LogP contribution in [0.5, 0.6) is 23.0 Å². The molecule has 3 saturated carbocycles. The monoisotopic (exact) mass is 883 g/mol. The molecule has 0 spiro atoms. The van der Waals surface area contributed by atoms with Crippen molar-refractivity contribution in [3.8, 4) is 23.0 Å². The Labute approximate surface area is 359 Å². The maximum atomic E-state index is 17.9. The molecule has 8 rings (SSSR count). The molecule has 2 aromatic carbocycles. The molecule has 0 radical (unpaired) electrons. The number of ketones is 2. The molecule has 1 saturated heterocycles. The van der Waals surface area contributed by atoms with Crippen molar-refractivity contribution in [1.82, 2.24) is 0 Å². The van der Waals surface area contributed by atoms with E-state index in [9.17, 15) is 34.4 Å². The molecule has 6 aliphatic rings. The van der Waals surface area contributed by atoms with Crippen LogP contribution in [0.2, 0.25) is 0 Å². The summed E-state index contributed by atoms with van der Waals surface area (Å²) in [5.41, 5.74) is -6.96. The number of unbranched alkanes of at least 4 members (excludes halogenated alkanes) is 1. The van der Waals surface area contributed by atoms with Crippen LogP contribution in [-0.4, -0.2) is 96.3 Å². The summed E-state index contributed by atoms with van der Waals surface area (Å²) in [6.07, 6.45) is -3.46. The lowest BCUT2D eigenvalue weighted by molar-refractivity contribution is -0.757. The third-order valence-corrected chi connectivity index (χ3v) is 13.6. The SMILES string of the molecule is COc1ccc(C2Oc3cc(C(=O)OCCCCO[N+](=O)[O-])cc(OC(=O)OCC(=O)[C@@]45OC(C)(C)O[C@@H]4CC4C6C[C@H](F)C7=CC(=O)C=C[C@]7(C)[C@@]6(F)[C@@H](O)C[C@@]45C)c3O2)cc1. The topological polar surface area (TPSA) is 215 Å². The van der Waals surface area contributed by atoms with Crippen LogP contribution in [-0.2, 0) is 33.4 Å². The maximum Gasteiger partial charge on any atom is 0.514 e. The molecule has 2 aliphatic heterocycles. The van der Waals surface area contributed by atoms with E-state index in [-0.39, 0.29) is 73.7 Å². The van der Waals surface area contributed by atoms with Gasteiger partial charge < -0.3 is 47.8 Å². The Morgan fingerprint density at radius 1 is 1.00 bits per heavy atom. The van der Waals surface area contributed by atoms with Crippen molar-refractivity contribution in [2.45, 2.75) is 102 Å². The summed E-state index contributed by atoms with van der Waals surface area (Å²) in [5.74, 6) is -5.19. The minimum absolute atomic E-state index is 0.00118. The van der Waals surface area contributed by atoms with E-state index in [1.807, 2.05) is 0 Å². The number of halogens is 2. The first-order valence-electron chi connectivity index (χ1n) is 20.6. The maximum absolute atomic E-state index is 17.9. The van der Waals surface area contributed by atoms with E-state index in [1.165, 1.54) is 32.3 Å². The van der Waals surface area contributed by atoms with E-state index in [1.54, 1.807) is 45.0 Å². The molecule has 19 heteroatoms. The van der Waals surface area contributed by atoms with Crippen LogP contribution in [0.4, 0.5) is 13.6 Å². The van der Waals surface area contributed by atoms with Crippen LogP contribution in [0.15, 0.2) is 60.2 Å². The highest BCUT2D eigenvalue weighted by Crippen LogP contribution is 2.72. The third-order valence-electron chi connectivity index (χ3n) is 13.6. The van der Waals surface area contributed by atoms with E-state index >= 15 is 8.78 Å². The number of methoxy groups -OCH3 is 1. The summed E-state index contributed by atoms with van der Waals surface area (Å²) >= 11 is 0.